The quantitative estimate of drug-likeness (QED) is 0.669. The molecule has 1 heterocycles. The average molecular weight is 236 g/mol. The summed E-state index contributed by atoms with van der Waals surface area (Å²) in [4.78, 5) is 4.68. The minimum absolute atomic E-state index is 0.508. The third-order valence-corrected chi connectivity index (χ3v) is 3.71. The average Bonchev–Trinajstić information content (AvgIpc) is 2.29. The third-order valence-electron chi connectivity index (χ3n) is 3.71. The van der Waals surface area contributed by atoms with Crippen LogP contribution in [0.3, 0.4) is 0 Å². The number of nitrogens with one attached hydrogen (secondary N) is 1. The van der Waals surface area contributed by atoms with E-state index >= 15 is 0 Å². The molecule has 0 amide bonds. The smallest absolute Gasteiger partial charge is 0.0762 e. The minimum atomic E-state index is 0.508. The molecular weight excluding hydrogens is 208 g/mol. The van der Waals surface area contributed by atoms with Crippen LogP contribution in [0.2, 0.25) is 0 Å². The predicted molar refractivity (Wildman–Crippen MR) is 76.9 cm³/mol. The molecule has 0 saturated carbocycles. The van der Waals surface area contributed by atoms with Crippen LogP contribution >= 0.6 is 0 Å². The molecule has 0 aromatic heterocycles. The summed E-state index contributed by atoms with van der Waals surface area (Å²) < 4.78 is 0. The van der Waals surface area contributed by atoms with E-state index < -0.39 is 0 Å². The zero-order chi connectivity index (χ0) is 12.8. The summed E-state index contributed by atoms with van der Waals surface area (Å²) in [6.07, 6.45) is 5.99. The Morgan fingerprint density at radius 3 is 2.53 bits per heavy atom. The largest absolute Gasteiger partial charge is 0.317 e. The highest BCUT2D eigenvalue weighted by atomic mass is 14.9. The van der Waals surface area contributed by atoms with Crippen LogP contribution in [0.5, 0.6) is 0 Å². The van der Waals surface area contributed by atoms with Gasteiger partial charge in [0.25, 0.3) is 0 Å². The van der Waals surface area contributed by atoms with Gasteiger partial charge in [-0.2, -0.15) is 0 Å². The highest BCUT2D eigenvalue weighted by Gasteiger charge is 2.23. The molecule has 0 aromatic carbocycles. The molecule has 0 radical (unpaired) electrons. The van der Waals surface area contributed by atoms with Crippen molar-refractivity contribution in [2.75, 3.05) is 7.05 Å². The van der Waals surface area contributed by atoms with Crippen molar-refractivity contribution >= 4 is 5.71 Å². The van der Waals surface area contributed by atoms with Crippen molar-refractivity contribution < 1.29 is 0 Å². The zero-order valence-electron chi connectivity index (χ0n) is 12.1. The van der Waals surface area contributed by atoms with Crippen LogP contribution in [-0.4, -0.2) is 24.8 Å². The van der Waals surface area contributed by atoms with Gasteiger partial charge in [-0.25, -0.2) is 0 Å². The van der Waals surface area contributed by atoms with Gasteiger partial charge in [-0.1, -0.05) is 25.8 Å². The van der Waals surface area contributed by atoms with Crippen molar-refractivity contribution in [1.29, 1.82) is 0 Å². The molecule has 0 spiro atoms. The number of nitrogens with zero attached hydrogens (tertiary/aromatic N) is 1. The standard InChI is InChI=1S/C15H28N2/c1-6-8-14(15-10-12(4)17-15)13(7-2)9-11(3)16-5/h11,15-16H,6-10H2,1-5H3/b14-13+/t11?,15-/m0/s1. The van der Waals surface area contributed by atoms with Gasteiger partial charge in [0.2, 0.25) is 0 Å². The van der Waals surface area contributed by atoms with Gasteiger partial charge >= 0.3 is 0 Å². The Kier molecular flexibility index (Phi) is 5.90. The van der Waals surface area contributed by atoms with E-state index in [-0.39, 0.29) is 0 Å². The number of hydrogen-bond acceptors (Lipinski definition) is 2. The summed E-state index contributed by atoms with van der Waals surface area (Å²) in [6.45, 7) is 8.95. The molecule has 1 N–H and O–H groups in total. The molecular formula is C15H28N2. The molecule has 0 bridgehead atoms. The zero-order valence-corrected chi connectivity index (χ0v) is 12.1. The van der Waals surface area contributed by atoms with E-state index in [1.807, 2.05) is 7.05 Å². The van der Waals surface area contributed by atoms with Crippen LogP contribution in [0.4, 0.5) is 0 Å². The van der Waals surface area contributed by atoms with Crippen LogP contribution in [0.25, 0.3) is 0 Å². The van der Waals surface area contributed by atoms with Crippen molar-refractivity contribution in [2.24, 2.45) is 4.99 Å². The van der Waals surface area contributed by atoms with Crippen molar-refractivity contribution in [1.82, 2.24) is 5.32 Å². The maximum Gasteiger partial charge on any atom is 0.0762 e. The van der Waals surface area contributed by atoms with E-state index in [1.165, 1.54) is 37.8 Å². The van der Waals surface area contributed by atoms with Gasteiger partial charge in [-0.15, -0.1) is 0 Å². The Balaban J connectivity index is 2.81. The van der Waals surface area contributed by atoms with E-state index in [1.54, 1.807) is 11.1 Å². The molecule has 0 aliphatic carbocycles. The van der Waals surface area contributed by atoms with E-state index in [0.29, 0.717) is 12.1 Å². The summed E-state index contributed by atoms with van der Waals surface area (Å²) in [7, 11) is 2.04. The summed E-state index contributed by atoms with van der Waals surface area (Å²) in [5.41, 5.74) is 4.58. The van der Waals surface area contributed by atoms with Crippen molar-refractivity contribution in [3.63, 3.8) is 0 Å². The lowest BCUT2D eigenvalue weighted by atomic mass is 9.86. The van der Waals surface area contributed by atoms with Gasteiger partial charge < -0.3 is 5.32 Å². The van der Waals surface area contributed by atoms with Crippen LogP contribution in [0, 0.1) is 0 Å². The molecule has 98 valence electrons. The van der Waals surface area contributed by atoms with Gasteiger partial charge in [-0.05, 0) is 45.7 Å². The molecule has 0 aromatic rings. The van der Waals surface area contributed by atoms with Crippen LogP contribution in [0.1, 0.15) is 59.8 Å². The van der Waals surface area contributed by atoms with Gasteiger partial charge in [0.05, 0.1) is 6.04 Å². The molecule has 2 atom stereocenters. The number of rotatable bonds is 7. The Morgan fingerprint density at radius 2 is 2.12 bits per heavy atom. The highest BCUT2D eigenvalue weighted by Crippen LogP contribution is 2.30. The first kappa shape index (κ1) is 14.4. The SMILES string of the molecule is CCC/C(=C(/CC)CC(C)NC)[C@@H]1CC(C)=N1. The second-order valence-electron chi connectivity index (χ2n) is 5.21. The normalized spacial score (nSPS) is 22.6. The van der Waals surface area contributed by atoms with Crippen LogP contribution < -0.4 is 5.32 Å². The summed E-state index contributed by atoms with van der Waals surface area (Å²) in [5.74, 6) is 0. The minimum Gasteiger partial charge on any atom is -0.317 e. The maximum absolute atomic E-state index is 4.68. The lowest BCUT2D eigenvalue weighted by molar-refractivity contribution is 0.579. The monoisotopic (exact) mass is 236 g/mol. The topological polar surface area (TPSA) is 24.4 Å². The van der Waals surface area contributed by atoms with Crippen LogP contribution in [-0.2, 0) is 0 Å². The van der Waals surface area contributed by atoms with E-state index in [9.17, 15) is 0 Å². The molecule has 2 heteroatoms. The predicted octanol–water partition coefficient (Wildman–Crippen LogP) is 3.72. The van der Waals surface area contributed by atoms with Gasteiger partial charge in [0.15, 0.2) is 0 Å². The molecule has 0 saturated heterocycles. The second-order valence-corrected chi connectivity index (χ2v) is 5.21. The van der Waals surface area contributed by atoms with E-state index in [4.69, 9.17) is 0 Å². The van der Waals surface area contributed by atoms with Crippen LogP contribution in [0.15, 0.2) is 16.1 Å². The number of hydrogen-bond donors (Lipinski definition) is 1. The first-order valence-electron chi connectivity index (χ1n) is 7.03. The van der Waals surface area contributed by atoms with Gasteiger partial charge in [0.1, 0.15) is 0 Å². The lowest BCUT2D eigenvalue weighted by Crippen LogP contribution is -2.27. The van der Waals surface area contributed by atoms with Crippen molar-refractivity contribution in [3.8, 4) is 0 Å². The Bertz CT molecular complexity index is 302. The molecule has 1 rings (SSSR count). The first-order chi connectivity index (χ1) is 8.12. The fourth-order valence-corrected chi connectivity index (χ4v) is 2.56. The molecule has 2 nitrogen and oxygen atoms in total. The van der Waals surface area contributed by atoms with Crippen molar-refractivity contribution in [2.45, 2.75) is 71.9 Å². The van der Waals surface area contributed by atoms with Crippen molar-refractivity contribution in [3.05, 3.63) is 11.1 Å². The first-order valence-corrected chi connectivity index (χ1v) is 7.03. The fraction of sp³-hybridized carbons (Fsp3) is 0.800. The Labute approximate surface area is 107 Å². The van der Waals surface area contributed by atoms with Gasteiger partial charge in [0, 0.05) is 18.2 Å². The third kappa shape index (κ3) is 3.95. The maximum atomic E-state index is 4.68. The van der Waals surface area contributed by atoms with E-state index in [0.717, 1.165) is 0 Å². The summed E-state index contributed by atoms with van der Waals surface area (Å²) in [5, 5.41) is 3.34. The Hall–Kier alpha value is -0.630. The van der Waals surface area contributed by atoms with Gasteiger partial charge in [-0.3, -0.25) is 4.99 Å². The molecule has 17 heavy (non-hydrogen) atoms. The molecule has 1 aliphatic rings. The fourth-order valence-electron chi connectivity index (χ4n) is 2.56. The summed E-state index contributed by atoms with van der Waals surface area (Å²) in [6, 6.07) is 1.08. The van der Waals surface area contributed by atoms with E-state index in [2.05, 4.69) is 38.0 Å². The second kappa shape index (κ2) is 6.95. The Morgan fingerprint density at radius 1 is 1.47 bits per heavy atom. The summed E-state index contributed by atoms with van der Waals surface area (Å²) >= 11 is 0. The highest BCUT2D eigenvalue weighted by molar-refractivity contribution is 5.87. The number of aliphatic imine (C=N–C) groups is 1. The lowest BCUT2D eigenvalue weighted by Gasteiger charge is -2.28. The molecule has 1 unspecified atom stereocenters. The molecule has 0 fully saturated rings. The molecule has 1 aliphatic heterocycles.